The lowest BCUT2D eigenvalue weighted by atomic mass is 10.2. The normalized spacial score (nSPS) is 12.1. The van der Waals surface area contributed by atoms with Crippen molar-refractivity contribution in [2.75, 3.05) is 26.1 Å². The molecule has 0 aliphatic carbocycles. The number of amides is 1. The summed E-state index contributed by atoms with van der Waals surface area (Å²) in [5.41, 5.74) is 0.260. The van der Waals surface area contributed by atoms with Crippen LogP contribution in [0.4, 0.5) is 4.39 Å². The minimum absolute atomic E-state index is 0.133. The van der Waals surface area contributed by atoms with E-state index in [2.05, 4.69) is 15.5 Å². The van der Waals surface area contributed by atoms with Crippen molar-refractivity contribution in [3.63, 3.8) is 0 Å². The third kappa shape index (κ3) is 4.45. The van der Waals surface area contributed by atoms with Crippen LogP contribution >= 0.6 is 11.8 Å². The van der Waals surface area contributed by atoms with Crippen LogP contribution in [0.25, 0.3) is 11.4 Å². The number of methoxy groups -OCH3 is 1. The highest BCUT2D eigenvalue weighted by Gasteiger charge is 2.20. The van der Waals surface area contributed by atoms with Gasteiger partial charge in [0.05, 0.1) is 10.8 Å². The van der Waals surface area contributed by atoms with E-state index in [1.54, 1.807) is 32.2 Å². The second kappa shape index (κ2) is 8.65. The maximum Gasteiger partial charge on any atom is 0.233 e. The smallest absolute Gasteiger partial charge is 0.233 e. The Morgan fingerprint density at radius 2 is 2.21 bits per heavy atom. The first-order chi connectivity index (χ1) is 11.5. The van der Waals surface area contributed by atoms with E-state index in [0.29, 0.717) is 18.3 Å². The zero-order valence-corrected chi connectivity index (χ0v) is 14.3. The molecule has 0 aliphatic heterocycles. The van der Waals surface area contributed by atoms with Crippen molar-refractivity contribution in [2.24, 2.45) is 0 Å². The molecule has 3 N–H and O–H groups in total. The molecule has 0 radical (unpaired) electrons. The van der Waals surface area contributed by atoms with Crippen LogP contribution in [0.2, 0.25) is 0 Å². The van der Waals surface area contributed by atoms with E-state index >= 15 is 0 Å². The van der Waals surface area contributed by atoms with Crippen molar-refractivity contribution in [1.82, 2.24) is 20.2 Å². The van der Waals surface area contributed by atoms with Gasteiger partial charge in [-0.2, -0.15) is 0 Å². The number of nitrogens with one attached hydrogen (secondary N) is 1. The molecule has 0 saturated carbocycles. The second-order valence-electron chi connectivity index (χ2n) is 5.05. The predicted molar refractivity (Wildman–Crippen MR) is 90.4 cm³/mol. The molecule has 1 atom stereocenters. The first kappa shape index (κ1) is 18.2. The van der Waals surface area contributed by atoms with Gasteiger partial charge >= 0.3 is 0 Å². The molecule has 9 heteroatoms. The minimum Gasteiger partial charge on any atom is -0.385 e. The van der Waals surface area contributed by atoms with Crippen molar-refractivity contribution in [3.05, 3.63) is 30.1 Å². The lowest BCUT2D eigenvalue weighted by Crippen LogP contribution is -2.32. The molecular weight excluding hydrogens is 333 g/mol. The fraction of sp³-hybridized carbons (Fsp3) is 0.400. The molecule has 0 fully saturated rings. The van der Waals surface area contributed by atoms with Gasteiger partial charge in [-0.05, 0) is 25.5 Å². The molecule has 0 spiro atoms. The standard InChI is InChI=1S/C15H20FN5O2S/c1-10(14(22)18-8-5-9-23-2)24-15-20-19-13(21(15)17)11-6-3-4-7-12(11)16/h3-4,6-7,10H,5,8-9,17H2,1-2H3,(H,18,22). The lowest BCUT2D eigenvalue weighted by Gasteiger charge is -2.11. The molecule has 1 aromatic heterocycles. The number of rotatable bonds is 8. The largest absolute Gasteiger partial charge is 0.385 e. The van der Waals surface area contributed by atoms with Crippen LogP contribution in [-0.2, 0) is 9.53 Å². The van der Waals surface area contributed by atoms with Gasteiger partial charge in [-0.25, -0.2) is 9.07 Å². The van der Waals surface area contributed by atoms with Crippen LogP contribution in [0, 0.1) is 5.82 Å². The summed E-state index contributed by atoms with van der Waals surface area (Å²) in [7, 11) is 1.61. The Balaban J connectivity index is 2.01. The van der Waals surface area contributed by atoms with Gasteiger partial charge in [-0.15, -0.1) is 10.2 Å². The topological polar surface area (TPSA) is 95.1 Å². The Morgan fingerprint density at radius 3 is 2.92 bits per heavy atom. The molecule has 7 nitrogen and oxygen atoms in total. The number of carbonyl (C=O) groups excluding carboxylic acids is 1. The zero-order chi connectivity index (χ0) is 17.5. The Morgan fingerprint density at radius 1 is 1.46 bits per heavy atom. The summed E-state index contributed by atoms with van der Waals surface area (Å²) in [6.07, 6.45) is 0.740. The molecule has 0 saturated heterocycles. The van der Waals surface area contributed by atoms with E-state index in [1.807, 2.05) is 0 Å². The predicted octanol–water partition coefficient (Wildman–Crippen LogP) is 1.43. The van der Waals surface area contributed by atoms with Crippen LogP contribution in [0.3, 0.4) is 0 Å². The molecule has 1 amide bonds. The van der Waals surface area contributed by atoms with Gasteiger partial charge in [0.15, 0.2) is 5.82 Å². The van der Waals surface area contributed by atoms with E-state index in [-0.39, 0.29) is 17.3 Å². The van der Waals surface area contributed by atoms with Gasteiger partial charge in [0.2, 0.25) is 11.1 Å². The summed E-state index contributed by atoms with van der Waals surface area (Å²) in [4.78, 5) is 12.0. The Labute approximate surface area is 143 Å². The average molecular weight is 353 g/mol. The van der Waals surface area contributed by atoms with Crippen LogP contribution < -0.4 is 11.2 Å². The van der Waals surface area contributed by atoms with E-state index < -0.39 is 11.1 Å². The number of nitrogens with zero attached hydrogens (tertiary/aromatic N) is 3. The van der Waals surface area contributed by atoms with Crippen molar-refractivity contribution in [3.8, 4) is 11.4 Å². The maximum atomic E-state index is 13.8. The van der Waals surface area contributed by atoms with Gasteiger partial charge in [0.1, 0.15) is 5.82 Å². The third-order valence-electron chi connectivity index (χ3n) is 3.26. The number of nitrogen functional groups attached to an aromatic ring is 1. The highest BCUT2D eigenvalue weighted by molar-refractivity contribution is 8.00. The highest BCUT2D eigenvalue weighted by atomic mass is 32.2. The number of hydrogen-bond donors (Lipinski definition) is 2. The quantitative estimate of drug-likeness (QED) is 0.423. The number of thioether (sulfide) groups is 1. The van der Waals surface area contributed by atoms with Crippen molar-refractivity contribution in [1.29, 1.82) is 0 Å². The molecule has 24 heavy (non-hydrogen) atoms. The van der Waals surface area contributed by atoms with Crippen molar-refractivity contribution < 1.29 is 13.9 Å². The summed E-state index contributed by atoms with van der Waals surface area (Å²) in [6, 6.07) is 6.17. The first-order valence-corrected chi connectivity index (χ1v) is 8.31. The molecule has 1 unspecified atom stereocenters. The number of benzene rings is 1. The Bertz CT molecular complexity index is 694. The summed E-state index contributed by atoms with van der Waals surface area (Å²) in [5.74, 6) is 5.59. The van der Waals surface area contributed by atoms with Gasteiger partial charge in [0.25, 0.3) is 0 Å². The van der Waals surface area contributed by atoms with Crippen molar-refractivity contribution >= 4 is 17.7 Å². The SMILES string of the molecule is COCCCNC(=O)C(C)Sc1nnc(-c2ccccc2F)n1N. The first-order valence-electron chi connectivity index (χ1n) is 7.43. The molecule has 1 aromatic carbocycles. The van der Waals surface area contributed by atoms with Gasteiger partial charge in [-0.1, -0.05) is 23.9 Å². The molecule has 130 valence electrons. The van der Waals surface area contributed by atoms with Gasteiger partial charge in [0, 0.05) is 20.3 Å². The molecule has 1 heterocycles. The summed E-state index contributed by atoms with van der Waals surface area (Å²) in [5, 5.41) is 10.6. The molecular formula is C15H20FN5O2S. The van der Waals surface area contributed by atoms with E-state index in [4.69, 9.17) is 10.6 Å². The van der Waals surface area contributed by atoms with Gasteiger partial charge < -0.3 is 15.9 Å². The molecule has 2 aromatic rings. The average Bonchev–Trinajstić information content (AvgIpc) is 2.92. The number of halogens is 1. The van der Waals surface area contributed by atoms with E-state index in [1.165, 1.54) is 10.7 Å². The Kier molecular flexibility index (Phi) is 6.56. The monoisotopic (exact) mass is 353 g/mol. The van der Waals surface area contributed by atoms with Crippen LogP contribution in [0.15, 0.2) is 29.4 Å². The van der Waals surface area contributed by atoms with Crippen LogP contribution in [-0.4, -0.2) is 46.3 Å². The van der Waals surface area contributed by atoms with Gasteiger partial charge in [-0.3, -0.25) is 4.79 Å². The fourth-order valence-electron chi connectivity index (χ4n) is 1.97. The zero-order valence-electron chi connectivity index (χ0n) is 13.5. The maximum absolute atomic E-state index is 13.8. The summed E-state index contributed by atoms with van der Waals surface area (Å²) >= 11 is 1.16. The summed E-state index contributed by atoms with van der Waals surface area (Å²) in [6.45, 7) is 2.87. The number of carbonyl (C=O) groups is 1. The van der Waals surface area contributed by atoms with E-state index in [9.17, 15) is 9.18 Å². The number of aromatic nitrogens is 3. The number of hydrogen-bond acceptors (Lipinski definition) is 6. The fourth-order valence-corrected chi connectivity index (χ4v) is 2.76. The minimum atomic E-state index is -0.433. The van der Waals surface area contributed by atoms with Crippen LogP contribution in [0.5, 0.6) is 0 Å². The molecule has 2 rings (SSSR count). The van der Waals surface area contributed by atoms with Crippen molar-refractivity contribution in [2.45, 2.75) is 23.8 Å². The second-order valence-corrected chi connectivity index (χ2v) is 6.36. The highest BCUT2D eigenvalue weighted by Crippen LogP contribution is 2.26. The number of ether oxygens (including phenoxy) is 1. The summed E-state index contributed by atoms with van der Waals surface area (Å²) < 4.78 is 20.0. The number of nitrogens with two attached hydrogens (primary N) is 1. The van der Waals surface area contributed by atoms with E-state index in [0.717, 1.165) is 18.2 Å². The molecule has 0 aliphatic rings. The van der Waals surface area contributed by atoms with Crippen LogP contribution in [0.1, 0.15) is 13.3 Å². The third-order valence-corrected chi connectivity index (χ3v) is 4.31. The molecule has 0 bridgehead atoms. The Hall–Kier alpha value is -2.13. The lowest BCUT2D eigenvalue weighted by molar-refractivity contribution is -0.120.